The maximum Gasteiger partial charge on any atom is 0.339 e. The number of para-hydroxylation sites is 1. The molecule has 2 aromatic carbocycles. The van der Waals surface area contributed by atoms with E-state index in [1.165, 1.54) is 0 Å². The van der Waals surface area contributed by atoms with E-state index in [1.807, 2.05) is 49.4 Å². The Balaban J connectivity index is 1.82. The Bertz CT molecular complexity index is 1310. The highest BCUT2D eigenvalue weighted by Crippen LogP contribution is 2.41. The monoisotopic (exact) mass is 490 g/mol. The number of rotatable bonds is 8. The van der Waals surface area contributed by atoms with Crippen molar-refractivity contribution in [3.05, 3.63) is 58.8 Å². The Morgan fingerprint density at radius 1 is 1.03 bits per heavy atom. The fraction of sp³-hybridized carbons (Fsp3) is 0.321. The van der Waals surface area contributed by atoms with Gasteiger partial charge in [0, 0.05) is 11.9 Å². The lowest BCUT2D eigenvalue weighted by Crippen LogP contribution is -2.28. The fourth-order valence-electron chi connectivity index (χ4n) is 4.55. The predicted molar refractivity (Wildman–Crippen MR) is 138 cm³/mol. The zero-order valence-electron chi connectivity index (χ0n) is 21.0. The zero-order chi connectivity index (χ0) is 25.7. The number of benzene rings is 2. The van der Waals surface area contributed by atoms with Crippen LogP contribution in [0.1, 0.15) is 46.9 Å². The van der Waals surface area contributed by atoms with Crippen LogP contribution < -0.4 is 19.5 Å². The standard InChI is InChI=1S/C28H30N2O6/c1-5-29-24(31)16-36-28(32)25-19-10-6-7-12-21(19)30-26-18(9-8-11-20(25)26)13-17-14-22(33-2)27(35-4)23(15-17)34-3/h6-7,10,12-15H,5,8-9,11,16H2,1-4H3,(H,29,31)/b18-13+. The van der Waals surface area contributed by atoms with Gasteiger partial charge in [-0.1, -0.05) is 18.2 Å². The topological polar surface area (TPSA) is 96.0 Å². The summed E-state index contributed by atoms with van der Waals surface area (Å²) < 4.78 is 21.9. The van der Waals surface area contributed by atoms with E-state index in [1.54, 1.807) is 21.3 Å². The Morgan fingerprint density at radius 2 is 1.75 bits per heavy atom. The van der Waals surface area contributed by atoms with Gasteiger partial charge in [-0.25, -0.2) is 9.78 Å². The van der Waals surface area contributed by atoms with Crippen LogP contribution in [0.25, 0.3) is 22.6 Å². The molecule has 0 aliphatic heterocycles. The van der Waals surface area contributed by atoms with Gasteiger partial charge < -0.3 is 24.3 Å². The van der Waals surface area contributed by atoms with Crippen molar-refractivity contribution in [2.24, 2.45) is 0 Å². The van der Waals surface area contributed by atoms with Gasteiger partial charge in [0.15, 0.2) is 18.1 Å². The summed E-state index contributed by atoms with van der Waals surface area (Å²) in [4.78, 5) is 30.1. The lowest BCUT2D eigenvalue weighted by Gasteiger charge is -2.22. The molecule has 0 unspecified atom stereocenters. The number of hydrogen-bond acceptors (Lipinski definition) is 7. The molecule has 1 amide bonds. The number of esters is 1. The number of fused-ring (bicyclic) bond motifs is 2. The van der Waals surface area contributed by atoms with Crippen LogP contribution in [0.15, 0.2) is 36.4 Å². The molecule has 8 nitrogen and oxygen atoms in total. The fourth-order valence-corrected chi connectivity index (χ4v) is 4.55. The van der Waals surface area contributed by atoms with Gasteiger partial charge in [-0.15, -0.1) is 0 Å². The van der Waals surface area contributed by atoms with E-state index in [9.17, 15) is 9.59 Å². The van der Waals surface area contributed by atoms with Crippen molar-refractivity contribution < 1.29 is 28.5 Å². The summed E-state index contributed by atoms with van der Waals surface area (Å²) in [5.41, 5.74) is 4.62. The van der Waals surface area contributed by atoms with Gasteiger partial charge in [0.1, 0.15) is 0 Å². The third-order valence-corrected chi connectivity index (χ3v) is 6.11. The number of likely N-dealkylation sites (N-methyl/N-ethyl adjacent to an activating group) is 1. The van der Waals surface area contributed by atoms with Crippen molar-refractivity contribution in [1.82, 2.24) is 10.3 Å². The van der Waals surface area contributed by atoms with E-state index in [2.05, 4.69) is 5.32 Å². The quantitative estimate of drug-likeness (QED) is 0.467. The molecule has 188 valence electrons. The number of carbonyl (C=O) groups is 2. The molecule has 0 spiro atoms. The number of nitrogens with zero attached hydrogens (tertiary/aromatic N) is 1. The van der Waals surface area contributed by atoms with Gasteiger partial charge >= 0.3 is 5.97 Å². The number of pyridine rings is 1. The first kappa shape index (κ1) is 25.0. The first-order valence-electron chi connectivity index (χ1n) is 11.9. The van der Waals surface area contributed by atoms with Crippen LogP contribution in [0.3, 0.4) is 0 Å². The van der Waals surface area contributed by atoms with E-state index < -0.39 is 5.97 Å². The van der Waals surface area contributed by atoms with E-state index >= 15 is 0 Å². The summed E-state index contributed by atoms with van der Waals surface area (Å²) in [6.45, 7) is 1.96. The molecular formula is C28H30N2O6. The second-order valence-electron chi connectivity index (χ2n) is 8.34. The first-order valence-corrected chi connectivity index (χ1v) is 11.9. The van der Waals surface area contributed by atoms with E-state index in [4.69, 9.17) is 23.9 Å². The Morgan fingerprint density at radius 3 is 2.42 bits per heavy atom. The van der Waals surface area contributed by atoms with Gasteiger partial charge in [-0.05, 0) is 67.2 Å². The third kappa shape index (κ3) is 4.98. The summed E-state index contributed by atoms with van der Waals surface area (Å²) >= 11 is 0. The van der Waals surface area contributed by atoms with Crippen LogP contribution in [-0.4, -0.2) is 51.3 Å². The highest BCUT2D eigenvalue weighted by atomic mass is 16.5. The maximum atomic E-state index is 13.2. The molecule has 0 atom stereocenters. The molecule has 3 aromatic rings. The molecule has 0 fully saturated rings. The predicted octanol–water partition coefficient (Wildman–Crippen LogP) is 4.43. The molecule has 1 N–H and O–H groups in total. The van der Waals surface area contributed by atoms with Crippen molar-refractivity contribution in [2.75, 3.05) is 34.5 Å². The van der Waals surface area contributed by atoms with Crippen LogP contribution in [0, 0.1) is 0 Å². The van der Waals surface area contributed by atoms with Crippen LogP contribution in [0.5, 0.6) is 17.2 Å². The van der Waals surface area contributed by atoms with Crippen LogP contribution >= 0.6 is 0 Å². The zero-order valence-corrected chi connectivity index (χ0v) is 21.0. The average molecular weight is 491 g/mol. The molecule has 0 saturated heterocycles. The number of allylic oxidation sites excluding steroid dienone is 1. The lowest BCUT2D eigenvalue weighted by atomic mass is 9.86. The average Bonchev–Trinajstić information content (AvgIpc) is 2.90. The van der Waals surface area contributed by atoms with Gasteiger partial charge in [0.25, 0.3) is 5.91 Å². The van der Waals surface area contributed by atoms with Crippen molar-refractivity contribution in [3.8, 4) is 17.2 Å². The minimum absolute atomic E-state index is 0.327. The lowest BCUT2D eigenvalue weighted by molar-refractivity contribution is -0.124. The highest BCUT2D eigenvalue weighted by molar-refractivity contribution is 6.07. The highest BCUT2D eigenvalue weighted by Gasteiger charge is 2.26. The van der Waals surface area contributed by atoms with Crippen LogP contribution in [-0.2, 0) is 16.0 Å². The summed E-state index contributed by atoms with van der Waals surface area (Å²) in [5.74, 6) is 0.778. The SMILES string of the molecule is CCNC(=O)COC(=O)c1c2c(nc3ccccc13)/C(=C/c1cc(OC)c(OC)c(OC)c1)CCC2. The van der Waals surface area contributed by atoms with E-state index in [0.29, 0.717) is 46.7 Å². The summed E-state index contributed by atoms with van der Waals surface area (Å²) in [7, 11) is 4.73. The summed E-state index contributed by atoms with van der Waals surface area (Å²) in [6.07, 6.45) is 4.36. The third-order valence-electron chi connectivity index (χ3n) is 6.11. The second kappa shape index (κ2) is 11.1. The Hall–Kier alpha value is -4.07. The van der Waals surface area contributed by atoms with E-state index in [0.717, 1.165) is 35.2 Å². The molecule has 0 bridgehead atoms. The number of aromatic nitrogens is 1. The number of carbonyl (C=O) groups excluding carboxylic acids is 2. The van der Waals surface area contributed by atoms with E-state index in [-0.39, 0.29) is 12.5 Å². The minimum Gasteiger partial charge on any atom is -0.493 e. The van der Waals surface area contributed by atoms with Gasteiger partial charge in [0.2, 0.25) is 5.75 Å². The molecule has 4 rings (SSSR count). The molecule has 0 radical (unpaired) electrons. The number of hydrogen-bond donors (Lipinski definition) is 1. The molecular weight excluding hydrogens is 460 g/mol. The van der Waals surface area contributed by atoms with Crippen molar-refractivity contribution in [3.63, 3.8) is 0 Å². The number of methoxy groups -OCH3 is 3. The Labute approximate surface area is 210 Å². The number of amides is 1. The largest absolute Gasteiger partial charge is 0.493 e. The number of nitrogens with one attached hydrogen (secondary N) is 1. The summed E-state index contributed by atoms with van der Waals surface area (Å²) in [6, 6.07) is 11.3. The molecule has 0 saturated carbocycles. The first-order chi connectivity index (χ1) is 17.5. The second-order valence-corrected chi connectivity index (χ2v) is 8.34. The molecule has 1 aliphatic rings. The van der Waals surface area contributed by atoms with Gasteiger partial charge in [-0.2, -0.15) is 0 Å². The molecule has 1 heterocycles. The normalized spacial score (nSPS) is 13.7. The molecule has 8 heteroatoms. The van der Waals surface area contributed by atoms with Crippen LogP contribution in [0.2, 0.25) is 0 Å². The Kier molecular flexibility index (Phi) is 7.73. The van der Waals surface area contributed by atoms with Crippen molar-refractivity contribution in [2.45, 2.75) is 26.2 Å². The smallest absolute Gasteiger partial charge is 0.339 e. The molecule has 1 aliphatic carbocycles. The minimum atomic E-state index is -0.523. The van der Waals surface area contributed by atoms with Crippen LogP contribution in [0.4, 0.5) is 0 Å². The number of ether oxygens (including phenoxy) is 4. The summed E-state index contributed by atoms with van der Waals surface area (Å²) in [5, 5.41) is 3.36. The molecule has 36 heavy (non-hydrogen) atoms. The molecule has 1 aromatic heterocycles. The maximum absolute atomic E-state index is 13.2. The van der Waals surface area contributed by atoms with Gasteiger partial charge in [0.05, 0.1) is 38.1 Å². The van der Waals surface area contributed by atoms with Crippen molar-refractivity contribution in [1.29, 1.82) is 0 Å². The van der Waals surface area contributed by atoms with Crippen molar-refractivity contribution >= 4 is 34.4 Å². The van der Waals surface area contributed by atoms with Gasteiger partial charge in [-0.3, -0.25) is 4.79 Å².